The highest BCUT2D eigenvalue weighted by Crippen LogP contribution is 2.50. The molecule has 0 unspecified atom stereocenters. The van der Waals surface area contributed by atoms with Gasteiger partial charge in [-0.3, -0.25) is 0 Å². The third-order valence-corrected chi connectivity index (χ3v) is 3.55. The van der Waals surface area contributed by atoms with E-state index in [0.717, 1.165) is 10.4 Å². The fraction of sp³-hybridized carbons (Fsp3) is 0.231. The summed E-state index contributed by atoms with van der Waals surface area (Å²) in [5.41, 5.74) is 3.86. The fourth-order valence-electron chi connectivity index (χ4n) is 2.41. The molecule has 15 heavy (non-hydrogen) atoms. The van der Waals surface area contributed by atoms with Crippen molar-refractivity contribution in [2.75, 3.05) is 0 Å². The molecule has 0 spiro atoms. The molecule has 3 rings (SSSR count). The Morgan fingerprint density at radius 1 is 1.13 bits per heavy atom. The highest BCUT2D eigenvalue weighted by molar-refractivity contribution is 9.10. The van der Waals surface area contributed by atoms with Crippen molar-refractivity contribution in [1.29, 1.82) is 0 Å². The van der Waals surface area contributed by atoms with Gasteiger partial charge in [0.2, 0.25) is 0 Å². The molecule has 0 fully saturated rings. The van der Waals surface area contributed by atoms with Crippen LogP contribution in [0.3, 0.4) is 0 Å². The summed E-state index contributed by atoms with van der Waals surface area (Å²) in [5.74, 6) is 1.07. The molecule has 1 nitrogen and oxygen atoms in total. The molecule has 1 heterocycles. The molecular weight excluding hydrogens is 252 g/mol. The van der Waals surface area contributed by atoms with Crippen molar-refractivity contribution in [3.63, 3.8) is 0 Å². The molecule has 0 aliphatic heterocycles. The molecule has 1 aliphatic carbocycles. The summed E-state index contributed by atoms with van der Waals surface area (Å²) in [7, 11) is 0. The van der Waals surface area contributed by atoms with E-state index in [1.165, 1.54) is 16.7 Å². The predicted octanol–water partition coefficient (Wildman–Crippen LogP) is 4.35. The summed E-state index contributed by atoms with van der Waals surface area (Å²) in [6.07, 6.45) is 0. The van der Waals surface area contributed by atoms with Crippen LogP contribution in [0.15, 0.2) is 39.4 Å². The van der Waals surface area contributed by atoms with E-state index in [4.69, 9.17) is 4.42 Å². The Hall–Kier alpha value is -1.02. The van der Waals surface area contributed by atoms with Crippen molar-refractivity contribution in [2.24, 2.45) is 0 Å². The molecule has 1 aromatic carbocycles. The van der Waals surface area contributed by atoms with E-state index in [2.05, 4.69) is 60.1 Å². The van der Waals surface area contributed by atoms with Crippen LogP contribution in [0.25, 0.3) is 11.1 Å². The van der Waals surface area contributed by atoms with E-state index in [0.29, 0.717) is 0 Å². The first-order valence-corrected chi connectivity index (χ1v) is 5.79. The van der Waals surface area contributed by atoms with E-state index >= 15 is 0 Å². The molecular formula is C13H11BrO. The normalized spacial score (nSPS) is 16.2. The van der Waals surface area contributed by atoms with E-state index in [1.54, 1.807) is 0 Å². The minimum absolute atomic E-state index is 0.0159. The zero-order valence-electron chi connectivity index (χ0n) is 8.67. The van der Waals surface area contributed by atoms with E-state index in [-0.39, 0.29) is 5.41 Å². The van der Waals surface area contributed by atoms with Crippen LogP contribution < -0.4 is 0 Å². The van der Waals surface area contributed by atoms with Gasteiger partial charge in [-0.2, -0.15) is 0 Å². The van der Waals surface area contributed by atoms with Crippen LogP contribution in [0, 0.1) is 0 Å². The number of halogens is 1. The Morgan fingerprint density at radius 3 is 2.67 bits per heavy atom. The third kappa shape index (κ3) is 1.08. The topological polar surface area (TPSA) is 13.1 Å². The number of hydrogen-bond donors (Lipinski definition) is 0. The first kappa shape index (κ1) is 9.22. The van der Waals surface area contributed by atoms with Gasteiger partial charge in [0.05, 0.1) is 0 Å². The lowest BCUT2D eigenvalue weighted by atomic mass is 9.86. The molecule has 1 aliphatic rings. The van der Waals surface area contributed by atoms with E-state index < -0.39 is 0 Å². The second-order valence-electron chi connectivity index (χ2n) is 4.46. The van der Waals surface area contributed by atoms with Crippen molar-refractivity contribution >= 4 is 15.9 Å². The number of rotatable bonds is 0. The molecule has 76 valence electrons. The molecule has 0 radical (unpaired) electrons. The van der Waals surface area contributed by atoms with Gasteiger partial charge < -0.3 is 4.42 Å². The number of fused-ring (bicyclic) bond motifs is 3. The first-order chi connectivity index (χ1) is 7.10. The van der Waals surface area contributed by atoms with Crippen molar-refractivity contribution < 1.29 is 4.42 Å². The summed E-state index contributed by atoms with van der Waals surface area (Å²) >= 11 is 3.39. The average Bonchev–Trinajstić information content (AvgIpc) is 2.68. The maximum Gasteiger partial charge on any atom is 0.170 e. The highest BCUT2D eigenvalue weighted by Gasteiger charge is 2.38. The molecule has 0 amide bonds. The van der Waals surface area contributed by atoms with Crippen LogP contribution in [-0.4, -0.2) is 0 Å². The Balaban J connectivity index is 2.40. The molecule has 0 atom stereocenters. The first-order valence-electron chi connectivity index (χ1n) is 5.00. The Morgan fingerprint density at radius 2 is 1.87 bits per heavy atom. The van der Waals surface area contributed by atoms with Crippen LogP contribution in [-0.2, 0) is 5.41 Å². The molecule has 0 saturated heterocycles. The van der Waals surface area contributed by atoms with Gasteiger partial charge in [-0.25, -0.2) is 0 Å². The number of furan rings is 1. The lowest BCUT2D eigenvalue weighted by molar-refractivity contribution is 0.424. The summed E-state index contributed by atoms with van der Waals surface area (Å²) in [6.45, 7) is 4.40. The largest absolute Gasteiger partial charge is 0.453 e. The zero-order valence-corrected chi connectivity index (χ0v) is 10.3. The van der Waals surface area contributed by atoms with Gasteiger partial charge in [-0.05, 0) is 47.0 Å². The number of benzene rings is 1. The maximum atomic E-state index is 5.74. The lowest BCUT2D eigenvalue weighted by Crippen LogP contribution is -2.14. The SMILES string of the molecule is CC1(C)c2ccccc2-c2cc(Br)oc21. The van der Waals surface area contributed by atoms with Gasteiger partial charge in [-0.1, -0.05) is 24.3 Å². The van der Waals surface area contributed by atoms with Crippen LogP contribution >= 0.6 is 15.9 Å². The van der Waals surface area contributed by atoms with E-state index in [1.807, 2.05) is 0 Å². The molecule has 0 N–H and O–H groups in total. The smallest absolute Gasteiger partial charge is 0.170 e. The van der Waals surface area contributed by atoms with Gasteiger partial charge in [0, 0.05) is 11.0 Å². The van der Waals surface area contributed by atoms with E-state index in [9.17, 15) is 0 Å². The summed E-state index contributed by atoms with van der Waals surface area (Å²) in [5, 5.41) is 0. The minimum Gasteiger partial charge on any atom is -0.453 e. The van der Waals surface area contributed by atoms with Crippen LogP contribution in [0.4, 0.5) is 0 Å². The minimum atomic E-state index is -0.0159. The molecule has 0 bridgehead atoms. The second-order valence-corrected chi connectivity index (χ2v) is 5.25. The molecule has 1 aromatic heterocycles. The molecule has 2 aromatic rings. The third-order valence-electron chi connectivity index (χ3n) is 3.16. The van der Waals surface area contributed by atoms with Crippen LogP contribution in [0.1, 0.15) is 25.2 Å². The van der Waals surface area contributed by atoms with Crippen LogP contribution in [0.5, 0.6) is 0 Å². The Bertz CT molecular complexity index is 537. The van der Waals surface area contributed by atoms with Gasteiger partial charge in [-0.15, -0.1) is 0 Å². The average molecular weight is 263 g/mol. The van der Waals surface area contributed by atoms with Crippen molar-refractivity contribution in [1.82, 2.24) is 0 Å². The van der Waals surface area contributed by atoms with Crippen molar-refractivity contribution in [3.8, 4) is 11.1 Å². The highest BCUT2D eigenvalue weighted by atomic mass is 79.9. The summed E-state index contributed by atoms with van der Waals surface area (Å²) < 4.78 is 6.56. The van der Waals surface area contributed by atoms with Crippen molar-refractivity contribution in [3.05, 3.63) is 46.3 Å². The van der Waals surface area contributed by atoms with Gasteiger partial charge in [0.25, 0.3) is 0 Å². The Kier molecular flexibility index (Phi) is 1.70. The van der Waals surface area contributed by atoms with Crippen LogP contribution in [0.2, 0.25) is 0 Å². The van der Waals surface area contributed by atoms with Gasteiger partial charge in [0.15, 0.2) is 4.67 Å². The number of hydrogen-bond acceptors (Lipinski definition) is 1. The zero-order chi connectivity index (χ0) is 10.6. The monoisotopic (exact) mass is 262 g/mol. The fourth-order valence-corrected chi connectivity index (χ4v) is 2.80. The summed E-state index contributed by atoms with van der Waals surface area (Å²) in [6, 6.07) is 10.6. The van der Waals surface area contributed by atoms with Crippen molar-refractivity contribution in [2.45, 2.75) is 19.3 Å². The lowest BCUT2D eigenvalue weighted by Gasteiger charge is -2.18. The maximum absolute atomic E-state index is 5.74. The van der Waals surface area contributed by atoms with Gasteiger partial charge in [0.1, 0.15) is 5.76 Å². The predicted molar refractivity (Wildman–Crippen MR) is 64.0 cm³/mol. The molecule has 0 saturated carbocycles. The standard InChI is InChI=1S/C13H11BrO/c1-13(2)10-6-4-3-5-8(10)9-7-11(14)15-12(9)13/h3-7H,1-2H3. The second kappa shape index (κ2) is 2.76. The Labute approximate surface area is 97.2 Å². The quantitative estimate of drug-likeness (QED) is 0.688. The summed E-state index contributed by atoms with van der Waals surface area (Å²) in [4.78, 5) is 0. The molecule has 2 heteroatoms. The van der Waals surface area contributed by atoms with Gasteiger partial charge >= 0.3 is 0 Å².